The monoisotopic (exact) mass is 365 g/mol. The van der Waals surface area contributed by atoms with Gasteiger partial charge in [0, 0.05) is 30.5 Å². The summed E-state index contributed by atoms with van der Waals surface area (Å²) >= 11 is 0. The average molecular weight is 365 g/mol. The number of nitrogens with one attached hydrogen (secondary N) is 1. The standard InChI is InChI=1S/C22H27N3O2/c1-22(2,3)17-7-9-18(10-8-17)24-20(26)19-15-16(11-12-23-19)21(27)25-13-5-4-6-14-25/h7-12,15H,4-6,13-14H2,1-3H3,(H,24,26). The number of likely N-dealkylation sites (tertiary alicyclic amines) is 1. The molecule has 5 heteroatoms. The Bertz CT molecular complexity index is 816. The van der Waals surface area contributed by atoms with Gasteiger partial charge < -0.3 is 10.2 Å². The van der Waals surface area contributed by atoms with Gasteiger partial charge in [-0.3, -0.25) is 14.6 Å². The van der Waals surface area contributed by atoms with E-state index >= 15 is 0 Å². The zero-order valence-corrected chi connectivity index (χ0v) is 16.3. The van der Waals surface area contributed by atoms with Crippen molar-refractivity contribution in [2.75, 3.05) is 18.4 Å². The highest BCUT2D eigenvalue weighted by atomic mass is 16.2. The van der Waals surface area contributed by atoms with Crippen LogP contribution in [0.25, 0.3) is 0 Å². The maximum Gasteiger partial charge on any atom is 0.274 e. The van der Waals surface area contributed by atoms with Crippen molar-refractivity contribution in [3.8, 4) is 0 Å². The van der Waals surface area contributed by atoms with Crippen molar-refractivity contribution in [1.29, 1.82) is 0 Å². The smallest absolute Gasteiger partial charge is 0.274 e. The predicted molar refractivity (Wildman–Crippen MR) is 107 cm³/mol. The molecule has 5 nitrogen and oxygen atoms in total. The molecule has 1 fully saturated rings. The summed E-state index contributed by atoms with van der Waals surface area (Å²) in [4.78, 5) is 31.2. The summed E-state index contributed by atoms with van der Waals surface area (Å²) in [5, 5.41) is 2.86. The van der Waals surface area contributed by atoms with Crippen molar-refractivity contribution in [3.05, 3.63) is 59.4 Å². The summed E-state index contributed by atoms with van der Waals surface area (Å²) in [5.74, 6) is -0.340. The summed E-state index contributed by atoms with van der Waals surface area (Å²) < 4.78 is 0. The molecule has 3 rings (SSSR count). The number of rotatable bonds is 3. The molecular formula is C22H27N3O2. The Morgan fingerprint density at radius 1 is 1.00 bits per heavy atom. The van der Waals surface area contributed by atoms with Gasteiger partial charge in [-0.15, -0.1) is 0 Å². The van der Waals surface area contributed by atoms with Gasteiger partial charge in [-0.2, -0.15) is 0 Å². The number of amides is 2. The van der Waals surface area contributed by atoms with Crippen LogP contribution in [0.4, 0.5) is 5.69 Å². The van der Waals surface area contributed by atoms with E-state index in [1.54, 1.807) is 12.1 Å². The average Bonchev–Trinajstić information content (AvgIpc) is 2.68. The number of piperidine rings is 1. The van der Waals surface area contributed by atoms with Gasteiger partial charge in [0.1, 0.15) is 5.69 Å². The minimum atomic E-state index is -0.313. The quantitative estimate of drug-likeness (QED) is 0.884. The van der Waals surface area contributed by atoms with Gasteiger partial charge in [0.2, 0.25) is 0 Å². The summed E-state index contributed by atoms with van der Waals surface area (Å²) in [6.45, 7) is 8.01. The van der Waals surface area contributed by atoms with Crippen LogP contribution in [0.3, 0.4) is 0 Å². The predicted octanol–water partition coefficient (Wildman–Crippen LogP) is 4.26. The lowest BCUT2D eigenvalue weighted by atomic mass is 9.87. The second-order valence-corrected chi connectivity index (χ2v) is 8.06. The van der Waals surface area contributed by atoms with E-state index in [4.69, 9.17) is 0 Å². The van der Waals surface area contributed by atoms with Crippen LogP contribution in [0.1, 0.15) is 66.4 Å². The number of aromatic nitrogens is 1. The Kier molecular flexibility index (Phi) is 5.59. The number of hydrogen-bond donors (Lipinski definition) is 1. The number of benzene rings is 1. The van der Waals surface area contributed by atoms with E-state index in [-0.39, 0.29) is 22.9 Å². The Morgan fingerprint density at radius 3 is 2.30 bits per heavy atom. The van der Waals surface area contributed by atoms with Crippen molar-refractivity contribution in [3.63, 3.8) is 0 Å². The molecule has 0 spiro atoms. The lowest BCUT2D eigenvalue weighted by Crippen LogP contribution is -2.35. The maximum atomic E-state index is 12.6. The summed E-state index contributed by atoms with van der Waals surface area (Å²) in [6, 6.07) is 11.1. The van der Waals surface area contributed by atoms with Gasteiger partial charge in [-0.1, -0.05) is 32.9 Å². The molecule has 0 bridgehead atoms. The zero-order chi connectivity index (χ0) is 19.4. The first kappa shape index (κ1) is 19.1. The molecule has 0 aliphatic carbocycles. The lowest BCUT2D eigenvalue weighted by Gasteiger charge is -2.26. The normalized spacial score (nSPS) is 14.7. The zero-order valence-electron chi connectivity index (χ0n) is 16.3. The van der Waals surface area contributed by atoms with Crippen LogP contribution < -0.4 is 5.32 Å². The number of anilines is 1. The van der Waals surface area contributed by atoms with Gasteiger partial charge in [-0.25, -0.2) is 0 Å². The minimum absolute atomic E-state index is 0.0271. The lowest BCUT2D eigenvalue weighted by molar-refractivity contribution is 0.0724. The molecular weight excluding hydrogens is 338 g/mol. The number of carbonyl (C=O) groups excluding carboxylic acids is 2. The van der Waals surface area contributed by atoms with Crippen LogP contribution in [0.2, 0.25) is 0 Å². The fourth-order valence-corrected chi connectivity index (χ4v) is 3.22. The van der Waals surface area contributed by atoms with E-state index in [0.29, 0.717) is 11.3 Å². The first-order valence-corrected chi connectivity index (χ1v) is 9.52. The van der Waals surface area contributed by atoms with E-state index in [9.17, 15) is 9.59 Å². The molecule has 1 aliphatic rings. The SMILES string of the molecule is CC(C)(C)c1ccc(NC(=O)c2cc(C(=O)N3CCCCC3)ccn2)cc1. The minimum Gasteiger partial charge on any atom is -0.339 e. The van der Waals surface area contributed by atoms with Gasteiger partial charge in [-0.05, 0) is 54.5 Å². The van der Waals surface area contributed by atoms with E-state index in [2.05, 4.69) is 31.1 Å². The first-order chi connectivity index (χ1) is 12.8. The van der Waals surface area contributed by atoms with Crippen LogP contribution >= 0.6 is 0 Å². The van der Waals surface area contributed by atoms with E-state index in [1.807, 2.05) is 29.2 Å². The first-order valence-electron chi connectivity index (χ1n) is 9.52. The second-order valence-electron chi connectivity index (χ2n) is 8.06. The van der Waals surface area contributed by atoms with Crippen LogP contribution in [-0.4, -0.2) is 34.8 Å². The summed E-state index contributed by atoms with van der Waals surface area (Å²) in [6.07, 6.45) is 4.76. The van der Waals surface area contributed by atoms with Crippen molar-refractivity contribution in [2.24, 2.45) is 0 Å². The van der Waals surface area contributed by atoms with E-state index in [1.165, 1.54) is 18.2 Å². The molecule has 2 heterocycles. The highest BCUT2D eigenvalue weighted by Gasteiger charge is 2.20. The maximum absolute atomic E-state index is 12.6. The Hall–Kier alpha value is -2.69. The Morgan fingerprint density at radius 2 is 1.67 bits per heavy atom. The van der Waals surface area contributed by atoms with E-state index in [0.717, 1.165) is 25.9 Å². The van der Waals surface area contributed by atoms with E-state index < -0.39 is 0 Å². The van der Waals surface area contributed by atoms with Gasteiger partial charge in [0.15, 0.2) is 0 Å². The van der Waals surface area contributed by atoms with Crippen LogP contribution in [0.5, 0.6) is 0 Å². The molecule has 2 aromatic rings. The highest BCUT2D eigenvalue weighted by Crippen LogP contribution is 2.23. The van der Waals surface area contributed by atoms with Gasteiger partial charge in [0.25, 0.3) is 11.8 Å². The third-order valence-electron chi connectivity index (χ3n) is 4.89. The fourth-order valence-electron chi connectivity index (χ4n) is 3.22. The molecule has 27 heavy (non-hydrogen) atoms. The number of carbonyl (C=O) groups is 2. The fraction of sp³-hybridized carbons (Fsp3) is 0.409. The Balaban J connectivity index is 1.70. The molecule has 0 radical (unpaired) electrons. The largest absolute Gasteiger partial charge is 0.339 e. The third-order valence-corrected chi connectivity index (χ3v) is 4.89. The van der Waals surface area contributed by atoms with Crippen molar-refractivity contribution < 1.29 is 9.59 Å². The number of pyridine rings is 1. The van der Waals surface area contributed by atoms with Crippen molar-refractivity contribution in [2.45, 2.75) is 45.4 Å². The summed E-state index contributed by atoms with van der Waals surface area (Å²) in [5.41, 5.74) is 2.74. The molecule has 1 aromatic heterocycles. The molecule has 142 valence electrons. The summed E-state index contributed by atoms with van der Waals surface area (Å²) in [7, 11) is 0. The molecule has 1 aliphatic heterocycles. The van der Waals surface area contributed by atoms with Gasteiger partial charge >= 0.3 is 0 Å². The molecule has 0 atom stereocenters. The third kappa shape index (κ3) is 4.73. The molecule has 2 amide bonds. The molecule has 0 unspecified atom stereocenters. The van der Waals surface area contributed by atoms with Crippen molar-refractivity contribution >= 4 is 17.5 Å². The topological polar surface area (TPSA) is 62.3 Å². The Labute approximate surface area is 160 Å². The number of nitrogens with zero attached hydrogens (tertiary/aromatic N) is 2. The molecule has 1 saturated heterocycles. The second kappa shape index (κ2) is 7.91. The van der Waals surface area contributed by atoms with Crippen LogP contribution in [0, 0.1) is 0 Å². The van der Waals surface area contributed by atoms with Crippen LogP contribution in [0.15, 0.2) is 42.6 Å². The van der Waals surface area contributed by atoms with Crippen LogP contribution in [-0.2, 0) is 5.41 Å². The van der Waals surface area contributed by atoms with Crippen molar-refractivity contribution in [1.82, 2.24) is 9.88 Å². The number of hydrogen-bond acceptors (Lipinski definition) is 3. The molecule has 1 N–H and O–H groups in total. The van der Waals surface area contributed by atoms with Gasteiger partial charge in [0.05, 0.1) is 0 Å². The molecule has 0 saturated carbocycles. The molecule has 1 aromatic carbocycles. The highest BCUT2D eigenvalue weighted by molar-refractivity contribution is 6.04.